The third-order valence-electron chi connectivity index (χ3n) is 15.7. The van der Waals surface area contributed by atoms with Crippen LogP contribution in [0.4, 0.5) is 0 Å². The first-order chi connectivity index (χ1) is 41.5. The number of rotatable bonds is 7. The van der Waals surface area contributed by atoms with Crippen LogP contribution in [0.2, 0.25) is 0 Å². The highest BCUT2D eigenvalue weighted by Crippen LogP contribution is 2.28. The zero-order valence-corrected chi connectivity index (χ0v) is 52.4. The Morgan fingerprint density at radius 2 is 0.780 bits per heavy atom. The second kappa shape index (κ2) is 29.0. The molecule has 0 bridgehead atoms. The molecule has 82 heavy (non-hydrogen) atoms. The van der Waals surface area contributed by atoms with Gasteiger partial charge in [0.25, 0.3) is 0 Å². The highest BCUT2D eigenvalue weighted by Gasteiger charge is 2.21. The maximum Gasteiger partial charge on any atom is 0.215 e. The number of benzene rings is 5. The van der Waals surface area contributed by atoms with Gasteiger partial charge >= 0.3 is 0 Å². The summed E-state index contributed by atoms with van der Waals surface area (Å²) in [7, 11) is 10.1. The SMILES string of the molecule is CCc1ccc(-c2ccccc2C)[n+](C)c1.Cc1ccccc1-c1c(C)c(C)cc[n+]1C.Cc1ccccc1-c1ccc(C(C)C)c[n+]1C.[2H]C([2H])([2H])c1c[n+](C)c(-c2ccccc2C)c(C)c1C.[2H]C([2H])([2H])c1cc(C)c(-c2ccccc2C)[n+](C)c1. The largest absolute Gasteiger partial charge is 0.215 e. The molecule has 0 N–H and O–H groups in total. The summed E-state index contributed by atoms with van der Waals surface area (Å²) in [5.41, 5.74) is 27.7. The van der Waals surface area contributed by atoms with Crippen molar-refractivity contribution in [2.75, 3.05) is 0 Å². The lowest BCUT2D eigenvalue weighted by Gasteiger charge is -2.10. The zero-order chi connectivity index (χ0) is 64.9. The van der Waals surface area contributed by atoms with E-state index in [1.165, 1.54) is 83.8 Å². The van der Waals surface area contributed by atoms with Crippen LogP contribution in [0.1, 0.15) is 113 Å². The third kappa shape index (κ3) is 15.6. The van der Waals surface area contributed by atoms with Crippen LogP contribution in [-0.2, 0) is 41.7 Å². The standard InChI is InChI=1S/2C16H20N.3C15H18N/c1-11-8-6-7-9-15(11)16-14(4)13(3)12(2)10-17(16)5;1-12(2)14-9-10-16(17(4)11-14)15-8-6-5-7-13(15)3;1-11-9-13(3)15(16(4)10-11)14-8-6-5-7-12(14)2;1-11-9-10-16(4)15(13(11)3)14-8-6-5-7-12(14)2;1-4-13-9-10-15(16(3)11-13)14-8-6-5-7-12(14)2/h6-10H,1-5H3;5-12H,1-4H3;2*5-10H,1-4H3;5-11H,4H2,1-3H3/q5*+1/i2D3;;1D3;;. The van der Waals surface area contributed by atoms with E-state index in [2.05, 4.69) is 250 Å². The van der Waals surface area contributed by atoms with E-state index in [4.69, 9.17) is 8.22 Å². The van der Waals surface area contributed by atoms with Gasteiger partial charge in [-0.05, 0) is 183 Å². The molecule has 0 saturated heterocycles. The van der Waals surface area contributed by atoms with E-state index in [0.29, 0.717) is 17.0 Å². The number of nitrogens with zero attached hydrogens (tertiary/aromatic N) is 5. The Morgan fingerprint density at radius 1 is 0.354 bits per heavy atom. The van der Waals surface area contributed by atoms with Gasteiger partial charge < -0.3 is 0 Å². The summed E-state index contributed by atoms with van der Waals surface area (Å²) in [6.07, 6.45) is 11.1. The van der Waals surface area contributed by atoms with Gasteiger partial charge in [0.15, 0.2) is 31.0 Å². The summed E-state index contributed by atoms with van der Waals surface area (Å²) in [5, 5.41) is 0. The molecule has 422 valence electrons. The van der Waals surface area contributed by atoms with Crippen LogP contribution in [0, 0.1) is 82.9 Å². The van der Waals surface area contributed by atoms with Gasteiger partial charge in [0, 0.05) is 93.2 Å². The van der Waals surface area contributed by atoms with Crippen molar-refractivity contribution in [2.45, 2.75) is 116 Å². The van der Waals surface area contributed by atoms with Crippen LogP contribution < -0.4 is 22.8 Å². The Morgan fingerprint density at radius 3 is 1.20 bits per heavy atom. The van der Waals surface area contributed by atoms with Crippen LogP contribution in [0.15, 0.2) is 189 Å². The molecule has 0 amide bonds. The Hall–Kier alpha value is -8.15. The first-order valence-corrected chi connectivity index (χ1v) is 28.7. The summed E-state index contributed by atoms with van der Waals surface area (Å²) < 4.78 is 55.9. The Kier molecular flexibility index (Phi) is 19.3. The molecule has 0 aliphatic rings. The monoisotopic (exact) mass is 1090 g/mol. The molecule has 0 atom stereocenters. The normalized spacial score (nSPS) is 12.0. The number of aryl methyl sites for hydroxylation is 15. The topological polar surface area (TPSA) is 19.4 Å². The second-order valence-corrected chi connectivity index (χ2v) is 22.3. The molecule has 0 aliphatic carbocycles. The first-order valence-electron chi connectivity index (χ1n) is 31.7. The molecule has 5 aromatic carbocycles. The summed E-state index contributed by atoms with van der Waals surface area (Å²) in [5.74, 6) is 0.576. The van der Waals surface area contributed by atoms with E-state index in [-0.39, 0.29) is 0 Å². The zero-order valence-electron chi connectivity index (χ0n) is 58.4. The van der Waals surface area contributed by atoms with Gasteiger partial charge in [-0.15, -0.1) is 0 Å². The van der Waals surface area contributed by atoms with Crippen molar-refractivity contribution in [2.24, 2.45) is 35.2 Å². The lowest BCUT2D eigenvalue weighted by molar-refractivity contribution is -0.661. The Bertz CT molecular complexity index is 4020. The lowest BCUT2D eigenvalue weighted by atomic mass is 9.97. The van der Waals surface area contributed by atoms with Crippen molar-refractivity contribution in [3.63, 3.8) is 0 Å². The molecule has 10 aromatic rings. The van der Waals surface area contributed by atoms with E-state index in [1.54, 1.807) is 18.5 Å². The van der Waals surface area contributed by atoms with Crippen LogP contribution in [0.25, 0.3) is 56.3 Å². The van der Waals surface area contributed by atoms with Crippen molar-refractivity contribution in [1.29, 1.82) is 0 Å². The molecule has 0 radical (unpaired) electrons. The molecule has 5 aromatic heterocycles. The van der Waals surface area contributed by atoms with Crippen LogP contribution >= 0.6 is 0 Å². The van der Waals surface area contributed by atoms with Crippen molar-refractivity contribution < 1.29 is 31.1 Å². The fraction of sp³-hybridized carbons (Fsp3) is 0.286. The third-order valence-corrected chi connectivity index (χ3v) is 15.7. The maximum absolute atomic E-state index is 7.64. The molecule has 10 rings (SSSR count). The van der Waals surface area contributed by atoms with Crippen LogP contribution in [0.3, 0.4) is 0 Å². The van der Waals surface area contributed by atoms with Crippen LogP contribution in [-0.4, -0.2) is 0 Å². The van der Waals surface area contributed by atoms with Crippen molar-refractivity contribution in [1.82, 2.24) is 0 Å². The predicted molar refractivity (Wildman–Crippen MR) is 346 cm³/mol. The minimum Gasteiger partial charge on any atom is -0.201 e. The van der Waals surface area contributed by atoms with E-state index in [9.17, 15) is 0 Å². The molecular weight excluding hydrogens is 995 g/mol. The quantitative estimate of drug-likeness (QED) is 0.142. The fourth-order valence-corrected chi connectivity index (χ4v) is 10.6. The number of hydrogen-bond acceptors (Lipinski definition) is 0. The predicted octanol–water partition coefficient (Wildman–Crippen LogP) is 16.3. The highest BCUT2D eigenvalue weighted by atomic mass is 14.9. The average molecular weight is 1100 g/mol. The van der Waals surface area contributed by atoms with Crippen molar-refractivity contribution in [3.05, 3.63) is 267 Å². The van der Waals surface area contributed by atoms with E-state index in [1.807, 2.05) is 68.3 Å². The smallest absolute Gasteiger partial charge is 0.201 e. The van der Waals surface area contributed by atoms with Crippen molar-refractivity contribution >= 4 is 0 Å². The first kappa shape index (κ1) is 54.4. The molecule has 5 heterocycles. The van der Waals surface area contributed by atoms with Gasteiger partial charge in [-0.25, -0.2) is 22.8 Å². The molecule has 0 fully saturated rings. The summed E-state index contributed by atoms with van der Waals surface area (Å²) in [4.78, 5) is 0. The molecule has 0 aliphatic heterocycles. The van der Waals surface area contributed by atoms with Gasteiger partial charge in [0.1, 0.15) is 35.2 Å². The van der Waals surface area contributed by atoms with Gasteiger partial charge in [-0.2, -0.15) is 0 Å². The summed E-state index contributed by atoms with van der Waals surface area (Å²) in [6, 6.07) is 54.7. The fourth-order valence-electron chi connectivity index (χ4n) is 10.6. The summed E-state index contributed by atoms with van der Waals surface area (Å²) >= 11 is 0. The highest BCUT2D eigenvalue weighted by molar-refractivity contribution is 5.67. The minimum atomic E-state index is -2.07. The second-order valence-electron chi connectivity index (χ2n) is 22.3. The lowest BCUT2D eigenvalue weighted by Crippen LogP contribution is -2.33. The van der Waals surface area contributed by atoms with E-state index >= 15 is 0 Å². The van der Waals surface area contributed by atoms with Gasteiger partial charge in [0.2, 0.25) is 28.5 Å². The molecule has 5 heteroatoms. The van der Waals surface area contributed by atoms with Crippen LogP contribution in [0.5, 0.6) is 0 Å². The van der Waals surface area contributed by atoms with Gasteiger partial charge in [-0.3, -0.25) is 0 Å². The molecular formula is C77H94N5+5. The van der Waals surface area contributed by atoms with Crippen molar-refractivity contribution in [3.8, 4) is 56.3 Å². The Balaban J connectivity index is 0.000000176. The number of pyridine rings is 5. The Labute approximate surface area is 503 Å². The molecule has 0 unspecified atom stereocenters. The average Bonchev–Trinajstić information content (AvgIpc) is 2.17. The summed E-state index contributed by atoms with van der Waals surface area (Å²) in [6.45, 7) is 23.3. The van der Waals surface area contributed by atoms with E-state index in [0.717, 1.165) is 45.6 Å². The van der Waals surface area contributed by atoms with E-state index < -0.39 is 13.7 Å². The molecule has 5 nitrogen and oxygen atoms in total. The van der Waals surface area contributed by atoms with Gasteiger partial charge in [-0.1, -0.05) is 112 Å². The number of aromatic nitrogens is 5. The number of hydrogen-bond donors (Lipinski definition) is 0. The maximum atomic E-state index is 7.64. The van der Waals surface area contributed by atoms with Gasteiger partial charge in [0.05, 0.1) is 0 Å². The molecule has 0 spiro atoms. The minimum absolute atomic E-state index is 0.379. The molecule has 0 saturated carbocycles.